The van der Waals surface area contributed by atoms with Crippen molar-refractivity contribution in [2.75, 3.05) is 0 Å². The lowest BCUT2D eigenvalue weighted by molar-refractivity contribution is 0.112. The number of hydrogen-bond acceptors (Lipinski definition) is 2. The van der Waals surface area contributed by atoms with Gasteiger partial charge in [-0.2, -0.15) is 0 Å². The summed E-state index contributed by atoms with van der Waals surface area (Å²) in [5, 5.41) is 1.42. The molecule has 0 atom stereocenters. The van der Waals surface area contributed by atoms with Gasteiger partial charge in [0.15, 0.2) is 6.29 Å². The maximum Gasteiger partial charge on any atom is 0.153 e. The normalized spacial score (nSPS) is 9.00. The summed E-state index contributed by atoms with van der Waals surface area (Å²) in [4.78, 5) is 10.7. The van der Waals surface area contributed by atoms with Crippen molar-refractivity contribution in [3.8, 4) is 0 Å². The molecular weight excluding hydrogens is 224 g/mol. The molecule has 2 aromatic rings. The van der Waals surface area contributed by atoms with Crippen LogP contribution < -0.4 is 0 Å². The van der Waals surface area contributed by atoms with E-state index in [0.717, 1.165) is 17.4 Å². The molecule has 1 aromatic heterocycles. The Morgan fingerprint density at radius 2 is 1.88 bits per heavy atom. The number of furan rings is 1. The van der Waals surface area contributed by atoms with E-state index in [2.05, 4.69) is 0 Å². The van der Waals surface area contributed by atoms with E-state index in [1.54, 1.807) is 12.1 Å². The van der Waals surface area contributed by atoms with Crippen LogP contribution in [0.4, 0.5) is 0 Å². The number of halogens is 1. The van der Waals surface area contributed by atoms with Gasteiger partial charge in [-0.1, -0.05) is 32.9 Å². The third kappa shape index (κ3) is 2.86. The van der Waals surface area contributed by atoms with Gasteiger partial charge in [0.25, 0.3) is 0 Å². The molecule has 0 unspecified atom stereocenters. The van der Waals surface area contributed by atoms with Gasteiger partial charge in [-0.25, -0.2) is 0 Å². The van der Waals surface area contributed by atoms with Crippen molar-refractivity contribution in [2.24, 2.45) is 0 Å². The van der Waals surface area contributed by atoms with E-state index >= 15 is 0 Å². The largest absolute Gasteiger partial charge is 0.461 e. The van der Waals surface area contributed by atoms with Gasteiger partial charge < -0.3 is 4.42 Å². The van der Waals surface area contributed by atoms with Crippen LogP contribution in [0.25, 0.3) is 11.0 Å². The molecule has 0 aliphatic rings. The second-order valence-corrected chi connectivity index (χ2v) is 3.32. The minimum Gasteiger partial charge on any atom is -0.461 e. The molecule has 0 aliphatic carbocycles. The Kier molecular flexibility index (Phi) is 5.83. The molecule has 0 amide bonds. The van der Waals surface area contributed by atoms with Crippen LogP contribution in [0.1, 0.15) is 37.4 Å². The fourth-order valence-corrected chi connectivity index (χ4v) is 1.59. The molecule has 16 heavy (non-hydrogen) atoms. The molecule has 2 rings (SSSR count). The van der Waals surface area contributed by atoms with Crippen LogP contribution in [0.2, 0.25) is 5.02 Å². The number of carbonyl (C=O) groups is 1. The summed E-state index contributed by atoms with van der Waals surface area (Å²) in [5.74, 6) is 0.778. The summed E-state index contributed by atoms with van der Waals surface area (Å²) in [7, 11) is 0. The molecule has 0 bridgehead atoms. The third-order valence-corrected chi connectivity index (χ3v) is 2.08. The van der Waals surface area contributed by atoms with Crippen molar-refractivity contribution in [1.29, 1.82) is 0 Å². The van der Waals surface area contributed by atoms with Crippen LogP contribution in [0.3, 0.4) is 0 Å². The average Bonchev–Trinajstić information content (AvgIpc) is 2.60. The van der Waals surface area contributed by atoms with Gasteiger partial charge in [0.05, 0.1) is 5.56 Å². The molecule has 0 fully saturated rings. The van der Waals surface area contributed by atoms with Crippen molar-refractivity contribution in [1.82, 2.24) is 0 Å². The summed E-state index contributed by atoms with van der Waals surface area (Å²) in [5.41, 5.74) is 1.10. The standard InChI is InChI=1S/C10H7ClO2.C2H6.CH4/c1-6-2-7-3-9(11)4-8(5-12)10(7)13-6;1-2;/h2-5H,1H3;1-2H3;1H4. The van der Waals surface area contributed by atoms with Gasteiger partial charge >= 0.3 is 0 Å². The Morgan fingerprint density at radius 1 is 1.25 bits per heavy atom. The summed E-state index contributed by atoms with van der Waals surface area (Å²) in [6, 6.07) is 5.23. The molecule has 0 saturated carbocycles. The molecule has 0 spiro atoms. The number of rotatable bonds is 1. The van der Waals surface area contributed by atoms with Gasteiger partial charge in [-0.3, -0.25) is 4.79 Å². The highest BCUT2D eigenvalue weighted by Gasteiger charge is 2.06. The zero-order valence-electron chi connectivity index (χ0n) is 9.00. The zero-order valence-corrected chi connectivity index (χ0v) is 9.76. The monoisotopic (exact) mass is 240 g/mol. The maximum atomic E-state index is 10.7. The van der Waals surface area contributed by atoms with Crippen molar-refractivity contribution in [3.63, 3.8) is 0 Å². The highest BCUT2D eigenvalue weighted by atomic mass is 35.5. The van der Waals surface area contributed by atoms with Crippen LogP contribution >= 0.6 is 11.6 Å². The van der Waals surface area contributed by atoms with Crippen molar-refractivity contribution < 1.29 is 9.21 Å². The second kappa shape index (κ2) is 6.33. The van der Waals surface area contributed by atoms with Crippen LogP contribution in [0.15, 0.2) is 22.6 Å². The first kappa shape index (κ1) is 14.7. The van der Waals surface area contributed by atoms with E-state index < -0.39 is 0 Å². The fourth-order valence-electron chi connectivity index (χ4n) is 1.36. The number of fused-ring (bicyclic) bond motifs is 1. The van der Waals surface area contributed by atoms with E-state index in [-0.39, 0.29) is 7.43 Å². The molecule has 3 heteroatoms. The fraction of sp³-hybridized carbons (Fsp3) is 0.308. The molecular formula is C13H17ClO2. The topological polar surface area (TPSA) is 30.2 Å². The number of carbonyl (C=O) groups excluding carboxylic acids is 1. The molecule has 0 N–H and O–H groups in total. The maximum absolute atomic E-state index is 10.7. The number of aryl methyl sites for hydroxylation is 1. The molecule has 0 radical (unpaired) electrons. The SMILES string of the molecule is C.CC.Cc1cc2cc(Cl)cc(C=O)c2o1. The lowest BCUT2D eigenvalue weighted by Crippen LogP contribution is -1.79. The van der Waals surface area contributed by atoms with Gasteiger partial charge in [0.1, 0.15) is 11.3 Å². The lowest BCUT2D eigenvalue weighted by atomic mass is 10.2. The Labute approximate surface area is 101 Å². The Balaban J connectivity index is 0.000000711. The smallest absolute Gasteiger partial charge is 0.153 e. The average molecular weight is 241 g/mol. The van der Waals surface area contributed by atoms with E-state index in [1.807, 2.05) is 26.8 Å². The summed E-state index contributed by atoms with van der Waals surface area (Å²) >= 11 is 5.81. The van der Waals surface area contributed by atoms with Gasteiger partial charge in [0, 0.05) is 10.4 Å². The Hall–Kier alpha value is -1.28. The summed E-state index contributed by atoms with van der Waals surface area (Å²) in [6.07, 6.45) is 0.747. The Bertz CT molecular complexity index is 472. The van der Waals surface area contributed by atoms with Crippen molar-refractivity contribution in [2.45, 2.75) is 28.2 Å². The highest BCUT2D eigenvalue weighted by Crippen LogP contribution is 2.25. The molecule has 88 valence electrons. The van der Waals surface area contributed by atoms with Crippen LogP contribution in [-0.4, -0.2) is 6.29 Å². The predicted octanol–water partition coefficient (Wildman–Crippen LogP) is 4.87. The van der Waals surface area contributed by atoms with Crippen LogP contribution in [0.5, 0.6) is 0 Å². The molecule has 0 aliphatic heterocycles. The first-order valence-corrected chi connectivity index (χ1v) is 5.23. The first-order chi connectivity index (χ1) is 7.20. The lowest BCUT2D eigenvalue weighted by Gasteiger charge is -1.93. The van der Waals surface area contributed by atoms with E-state index in [1.165, 1.54) is 0 Å². The minimum atomic E-state index is 0. The van der Waals surface area contributed by atoms with Crippen LogP contribution in [-0.2, 0) is 0 Å². The second-order valence-electron chi connectivity index (χ2n) is 2.89. The predicted molar refractivity (Wildman–Crippen MR) is 69.4 cm³/mol. The third-order valence-electron chi connectivity index (χ3n) is 1.86. The van der Waals surface area contributed by atoms with E-state index in [4.69, 9.17) is 16.0 Å². The van der Waals surface area contributed by atoms with E-state index in [0.29, 0.717) is 16.2 Å². The molecule has 1 heterocycles. The van der Waals surface area contributed by atoms with Crippen molar-refractivity contribution in [3.05, 3.63) is 34.5 Å². The first-order valence-electron chi connectivity index (χ1n) is 4.85. The van der Waals surface area contributed by atoms with Crippen molar-refractivity contribution >= 4 is 28.9 Å². The number of aldehydes is 1. The molecule has 1 aromatic carbocycles. The summed E-state index contributed by atoms with van der Waals surface area (Å²) < 4.78 is 5.36. The number of benzene rings is 1. The number of hydrogen-bond donors (Lipinski definition) is 0. The van der Waals surface area contributed by atoms with Gasteiger partial charge in [-0.15, -0.1) is 0 Å². The molecule has 2 nitrogen and oxygen atoms in total. The zero-order chi connectivity index (χ0) is 11.4. The van der Waals surface area contributed by atoms with Gasteiger partial charge in [-0.05, 0) is 25.1 Å². The molecule has 0 saturated heterocycles. The highest BCUT2D eigenvalue weighted by molar-refractivity contribution is 6.31. The Morgan fingerprint density at radius 3 is 2.44 bits per heavy atom. The quantitative estimate of drug-likeness (QED) is 0.666. The minimum absolute atomic E-state index is 0. The summed E-state index contributed by atoms with van der Waals surface area (Å²) in [6.45, 7) is 5.84. The van der Waals surface area contributed by atoms with E-state index in [9.17, 15) is 4.79 Å². The van der Waals surface area contributed by atoms with Gasteiger partial charge in [0.2, 0.25) is 0 Å². The van der Waals surface area contributed by atoms with Crippen LogP contribution in [0, 0.1) is 6.92 Å².